The molecule has 1 aliphatic heterocycles. The van der Waals surface area contributed by atoms with Crippen molar-refractivity contribution in [1.82, 2.24) is 9.88 Å². The number of morpholine rings is 1. The van der Waals surface area contributed by atoms with E-state index in [4.69, 9.17) is 9.47 Å². The van der Waals surface area contributed by atoms with Crippen LogP contribution in [0.5, 0.6) is 5.75 Å². The smallest absolute Gasteiger partial charge is 0.263 e. The third-order valence-electron chi connectivity index (χ3n) is 4.63. The van der Waals surface area contributed by atoms with Crippen molar-refractivity contribution in [2.24, 2.45) is 0 Å². The fraction of sp³-hybridized carbons (Fsp3) is 0.350. The molecule has 1 aromatic heterocycles. The zero-order valence-corrected chi connectivity index (χ0v) is 17.8. The first-order chi connectivity index (χ1) is 14.0. The van der Waals surface area contributed by atoms with Crippen molar-refractivity contribution in [2.75, 3.05) is 37.6 Å². The minimum absolute atomic E-state index is 0.174. The third-order valence-corrected chi connectivity index (χ3v) is 7.05. The number of nitrogens with one attached hydrogen (secondary N) is 1. The highest BCUT2D eigenvalue weighted by Gasteiger charge is 2.17. The molecule has 7 nitrogen and oxygen atoms in total. The average molecular weight is 434 g/mol. The Labute approximate surface area is 174 Å². The van der Waals surface area contributed by atoms with Crippen molar-refractivity contribution in [1.29, 1.82) is 0 Å². The number of nitrogens with zero attached hydrogens (tertiary/aromatic N) is 2. The number of fused-ring (bicyclic) bond motifs is 1. The fourth-order valence-electron chi connectivity index (χ4n) is 3.18. The van der Waals surface area contributed by atoms with Crippen LogP contribution in [-0.4, -0.2) is 51.2 Å². The highest BCUT2D eigenvalue weighted by molar-refractivity contribution is 7.93. The number of hydrogen-bond donors (Lipinski definition) is 1. The molecule has 1 fully saturated rings. The molecule has 1 aliphatic rings. The van der Waals surface area contributed by atoms with E-state index in [0.29, 0.717) is 17.5 Å². The number of ether oxygens (including phenoxy) is 2. The molecule has 2 heterocycles. The summed E-state index contributed by atoms with van der Waals surface area (Å²) in [4.78, 5) is 6.95. The van der Waals surface area contributed by atoms with Crippen LogP contribution in [0.25, 0.3) is 10.2 Å². The molecule has 3 aromatic rings. The first-order valence-electron chi connectivity index (χ1n) is 9.49. The Morgan fingerprint density at radius 2 is 1.93 bits per heavy atom. The molecule has 154 valence electrons. The maximum atomic E-state index is 12.7. The van der Waals surface area contributed by atoms with Crippen molar-refractivity contribution >= 4 is 36.7 Å². The molecule has 1 saturated heterocycles. The molecule has 4 rings (SSSR count). The molecule has 2 aromatic carbocycles. The van der Waals surface area contributed by atoms with E-state index in [2.05, 4.69) is 20.7 Å². The predicted molar refractivity (Wildman–Crippen MR) is 114 cm³/mol. The Bertz CT molecular complexity index is 1070. The summed E-state index contributed by atoms with van der Waals surface area (Å²) < 4.78 is 39.6. The molecule has 0 unspecified atom stereocenters. The summed E-state index contributed by atoms with van der Waals surface area (Å²) >= 11 is 1.34. The van der Waals surface area contributed by atoms with Gasteiger partial charge in [0.2, 0.25) is 0 Å². The van der Waals surface area contributed by atoms with Gasteiger partial charge in [-0.2, -0.15) is 0 Å². The number of sulfonamides is 1. The van der Waals surface area contributed by atoms with Crippen LogP contribution in [0.3, 0.4) is 0 Å². The zero-order chi connectivity index (χ0) is 20.3. The molecular formula is C20H23N3O4S2. The van der Waals surface area contributed by atoms with Gasteiger partial charge in [0.1, 0.15) is 5.75 Å². The van der Waals surface area contributed by atoms with E-state index in [0.717, 1.165) is 43.1 Å². The normalized spacial score (nSPS) is 15.5. The van der Waals surface area contributed by atoms with E-state index < -0.39 is 10.0 Å². The van der Waals surface area contributed by atoms with Gasteiger partial charge in [0.25, 0.3) is 10.0 Å². The van der Waals surface area contributed by atoms with E-state index in [1.807, 2.05) is 19.1 Å². The molecule has 0 aliphatic carbocycles. The molecular weight excluding hydrogens is 410 g/mol. The molecule has 0 bridgehead atoms. The van der Waals surface area contributed by atoms with E-state index in [1.165, 1.54) is 29.0 Å². The Kier molecular flexibility index (Phi) is 6.00. The lowest BCUT2D eigenvalue weighted by Gasteiger charge is -2.26. The van der Waals surface area contributed by atoms with E-state index in [1.54, 1.807) is 12.1 Å². The van der Waals surface area contributed by atoms with Gasteiger partial charge in [-0.3, -0.25) is 9.62 Å². The summed E-state index contributed by atoms with van der Waals surface area (Å²) in [6.45, 7) is 6.64. The zero-order valence-electron chi connectivity index (χ0n) is 16.1. The average Bonchev–Trinajstić information content (AvgIpc) is 3.10. The summed E-state index contributed by atoms with van der Waals surface area (Å²) in [7, 11) is -3.71. The van der Waals surface area contributed by atoms with Crippen LogP contribution in [0.4, 0.5) is 5.13 Å². The maximum absolute atomic E-state index is 12.7. The fourth-order valence-corrected chi connectivity index (χ4v) is 5.35. The summed E-state index contributed by atoms with van der Waals surface area (Å²) in [6.07, 6.45) is 0. The number of anilines is 1. The number of aromatic nitrogens is 1. The standard InChI is InChI=1S/C20H23N3O4S2/c1-2-27-16-4-6-17(7-5-16)29(24,25)22-20-21-18-8-3-15(13-19(18)28-20)14-23-9-11-26-12-10-23/h3-8,13H,2,9-12,14H2,1H3,(H,21,22). The predicted octanol–water partition coefficient (Wildman–Crippen LogP) is 3.33. The summed E-state index contributed by atoms with van der Waals surface area (Å²) in [5, 5.41) is 0.359. The lowest BCUT2D eigenvalue weighted by Crippen LogP contribution is -2.35. The van der Waals surface area contributed by atoms with Gasteiger partial charge in [-0.25, -0.2) is 13.4 Å². The van der Waals surface area contributed by atoms with Gasteiger partial charge < -0.3 is 9.47 Å². The second-order valence-corrected chi connectivity index (χ2v) is 9.43. The third kappa shape index (κ3) is 4.87. The molecule has 29 heavy (non-hydrogen) atoms. The lowest BCUT2D eigenvalue weighted by atomic mass is 10.2. The van der Waals surface area contributed by atoms with Gasteiger partial charge in [-0.15, -0.1) is 0 Å². The monoisotopic (exact) mass is 433 g/mol. The highest BCUT2D eigenvalue weighted by Crippen LogP contribution is 2.29. The molecule has 0 amide bonds. The molecule has 0 radical (unpaired) electrons. The van der Waals surface area contributed by atoms with Crippen LogP contribution in [0.1, 0.15) is 12.5 Å². The topological polar surface area (TPSA) is 80.8 Å². The van der Waals surface area contributed by atoms with Gasteiger partial charge in [-0.05, 0) is 48.9 Å². The molecule has 9 heteroatoms. The van der Waals surface area contributed by atoms with Crippen molar-refractivity contribution in [3.8, 4) is 5.75 Å². The van der Waals surface area contributed by atoms with Gasteiger partial charge in [0, 0.05) is 19.6 Å². The second-order valence-electron chi connectivity index (χ2n) is 6.72. The lowest BCUT2D eigenvalue weighted by molar-refractivity contribution is 0.0342. The second kappa shape index (κ2) is 8.66. The number of thiazole rings is 1. The quantitative estimate of drug-likeness (QED) is 0.616. The number of hydrogen-bond acceptors (Lipinski definition) is 7. The van der Waals surface area contributed by atoms with Crippen LogP contribution in [0, 0.1) is 0 Å². The minimum atomic E-state index is -3.71. The highest BCUT2D eigenvalue weighted by atomic mass is 32.2. The Morgan fingerprint density at radius 3 is 2.66 bits per heavy atom. The Hall–Kier alpha value is -2.20. The van der Waals surface area contributed by atoms with E-state index in [9.17, 15) is 8.42 Å². The molecule has 0 atom stereocenters. The molecule has 0 saturated carbocycles. The van der Waals surface area contributed by atoms with E-state index >= 15 is 0 Å². The van der Waals surface area contributed by atoms with Crippen LogP contribution in [0.15, 0.2) is 47.4 Å². The van der Waals surface area contributed by atoms with E-state index in [-0.39, 0.29) is 4.90 Å². The van der Waals surface area contributed by atoms with Crippen molar-refractivity contribution in [3.63, 3.8) is 0 Å². The maximum Gasteiger partial charge on any atom is 0.263 e. The van der Waals surface area contributed by atoms with Gasteiger partial charge >= 0.3 is 0 Å². The van der Waals surface area contributed by atoms with Gasteiger partial charge in [0.05, 0.1) is 34.9 Å². The number of rotatable bonds is 7. The van der Waals surface area contributed by atoms with Crippen LogP contribution in [-0.2, 0) is 21.3 Å². The summed E-state index contributed by atoms with van der Waals surface area (Å²) in [6, 6.07) is 12.4. The Balaban J connectivity index is 1.49. The summed E-state index contributed by atoms with van der Waals surface area (Å²) in [5.41, 5.74) is 1.97. The van der Waals surface area contributed by atoms with Gasteiger partial charge in [-0.1, -0.05) is 17.4 Å². The van der Waals surface area contributed by atoms with Crippen molar-refractivity contribution < 1.29 is 17.9 Å². The Morgan fingerprint density at radius 1 is 1.17 bits per heavy atom. The SMILES string of the molecule is CCOc1ccc(S(=O)(=O)Nc2nc3ccc(CN4CCOCC4)cc3s2)cc1. The number of benzene rings is 2. The largest absolute Gasteiger partial charge is 0.494 e. The summed E-state index contributed by atoms with van der Waals surface area (Å²) in [5.74, 6) is 0.638. The molecule has 1 N–H and O–H groups in total. The van der Waals surface area contributed by atoms with Crippen LogP contribution in [0.2, 0.25) is 0 Å². The first-order valence-corrected chi connectivity index (χ1v) is 11.8. The minimum Gasteiger partial charge on any atom is -0.494 e. The van der Waals surface area contributed by atoms with Crippen LogP contribution >= 0.6 is 11.3 Å². The van der Waals surface area contributed by atoms with Crippen molar-refractivity contribution in [3.05, 3.63) is 48.0 Å². The first kappa shape index (κ1) is 20.1. The van der Waals surface area contributed by atoms with Gasteiger partial charge in [0.15, 0.2) is 5.13 Å². The van der Waals surface area contributed by atoms with Crippen molar-refractivity contribution in [2.45, 2.75) is 18.4 Å². The van der Waals surface area contributed by atoms with Crippen LogP contribution < -0.4 is 9.46 Å². The molecule has 0 spiro atoms.